The highest BCUT2D eigenvalue weighted by Crippen LogP contribution is 2.17. The zero-order chi connectivity index (χ0) is 15.3. The Labute approximate surface area is 123 Å². The number of amides is 1. The van der Waals surface area contributed by atoms with Crippen LogP contribution in [0.25, 0.3) is 0 Å². The van der Waals surface area contributed by atoms with Gasteiger partial charge in [-0.2, -0.15) is 0 Å². The summed E-state index contributed by atoms with van der Waals surface area (Å²) >= 11 is 10.8. The van der Waals surface area contributed by atoms with Crippen molar-refractivity contribution in [2.24, 2.45) is 0 Å². The van der Waals surface area contributed by atoms with Crippen LogP contribution in [0.4, 0.5) is 5.69 Å². The van der Waals surface area contributed by atoms with E-state index >= 15 is 0 Å². The first-order valence-electron chi connectivity index (χ1n) is 5.22. The molecule has 0 radical (unpaired) electrons. The summed E-state index contributed by atoms with van der Waals surface area (Å²) in [6, 6.07) is 5.96. The molecule has 8 heteroatoms. The highest BCUT2D eigenvalue weighted by Gasteiger charge is 2.17. The van der Waals surface area contributed by atoms with Crippen molar-refractivity contribution in [1.82, 2.24) is 0 Å². The molecule has 20 heavy (non-hydrogen) atoms. The molecule has 0 spiro atoms. The van der Waals surface area contributed by atoms with Gasteiger partial charge >= 0.3 is 11.9 Å². The van der Waals surface area contributed by atoms with Crippen molar-refractivity contribution in [3.05, 3.63) is 39.9 Å². The molecule has 1 aromatic rings. The van der Waals surface area contributed by atoms with E-state index in [0.717, 1.165) is 0 Å². The van der Waals surface area contributed by atoms with Gasteiger partial charge in [-0.15, -0.1) is 0 Å². The van der Waals surface area contributed by atoms with E-state index in [1.165, 1.54) is 24.3 Å². The van der Waals surface area contributed by atoms with Crippen LogP contribution in [-0.2, 0) is 20.8 Å². The van der Waals surface area contributed by atoms with Crippen LogP contribution in [-0.4, -0.2) is 28.1 Å². The third-order valence-electron chi connectivity index (χ3n) is 2.15. The molecule has 0 atom stereocenters. The van der Waals surface area contributed by atoms with E-state index in [1.54, 1.807) is 0 Å². The monoisotopic (exact) mass is 317 g/mol. The van der Waals surface area contributed by atoms with E-state index in [4.69, 9.17) is 33.4 Å². The van der Waals surface area contributed by atoms with E-state index < -0.39 is 27.9 Å². The Morgan fingerprint density at radius 1 is 1.00 bits per heavy atom. The lowest BCUT2D eigenvalue weighted by molar-refractivity contribution is -0.136. The molecule has 0 saturated carbocycles. The molecular weight excluding hydrogens is 309 g/mol. The summed E-state index contributed by atoms with van der Waals surface area (Å²) in [6.07, 6.45) is -0.139. The predicted octanol–water partition coefficient (Wildman–Crippen LogP) is 2.03. The highest BCUT2D eigenvalue weighted by molar-refractivity contribution is 6.54. The molecule has 0 aliphatic carbocycles. The first kappa shape index (κ1) is 16.0. The molecule has 3 N–H and O–H groups in total. The van der Waals surface area contributed by atoms with E-state index in [2.05, 4.69) is 5.32 Å². The van der Waals surface area contributed by atoms with Crippen molar-refractivity contribution in [2.75, 3.05) is 5.32 Å². The van der Waals surface area contributed by atoms with Crippen molar-refractivity contribution < 1.29 is 24.6 Å². The van der Waals surface area contributed by atoms with Gasteiger partial charge < -0.3 is 15.5 Å². The normalized spacial score (nSPS) is 11.5. The van der Waals surface area contributed by atoms with Crippen LogP contribution in [0.5, 0.6) is 0 Å². The zero-order valence-electron chi connectivity index (χ0n) is 9.89. The second-order valence-electron chi connectivity index (χ2n) is 3.65. The molecular formula is C12H9Cl2NO5. The number of anilines is 1. The van der Waals surface area contributed by atoms with E-state index in [9.17, 15) is 14.4 Å². The number of hydrogen-bond acceptors (Lipinski definition) is 3. The summed E-state index contributed by atoms with van der Waals surface area (Å²) in [5.41, 5.74) is 0.887. The number of carbonyl (C=O) groups excluding carboxylic acids is 1. The highest BCUT2D eigenvalue weighted by atomic mass is 35.5. The van der Waals surface area contributed by atoms with Gasteiger partial charge in [-0.3, -0.25) is 9.59 Å². The molecule has 0 heterocycles. The molecule has 1 amide bonds. The summed E-state index contributed by atoms with van der Waals surface area (Å²) in [7, 11) is 0. The first-order chi connectivity index (χ1) is 9.31. The summed E-state index contributed by atoms with van der Waals surface area (Å²) in [5.74, 6) is -3.35. The second-order valence-corrected chi connectivity index (χ2v) is 4.41. The minimum absolute atomic E-state index is 0.139. The van der Waals surface area contributed by atoms with Crippen LogP contribution in [0.1, 0.15) is 5.56 Å². The molecule has 0 bridgehead atoms. The molecule has 0 unspecified atom stereocenters. The van der Waals surface area contributed by atoms with Crippen molar-refractivity contribution >= 4 is 46.7 Å². The number of benzene rings is 1. The molecule has 1 aromatic carbocycles. The van der Waals surface area contributed by atoms with Crippen LogP contribution in [0.15, 0.2) is 34.3 Å². The fraction of sp³-hybridized carbons (Fsp3) is 0.0833. The van der Waals surface area contributed by atoms with Gasteiger partial charge in [0.25, 0.3) is 5.91 Å². The molecule has 0 aliphatic rings. The van der Waals surface area contributed by atoms with Gasteiger partial charge in [0.1, 0.15) is 10.1 Å². The quantitative estimate of drug-likeness (QED) is 0.721. The van der Waals surface area contributed by atoms with Crippen LogP contribution >= 0.6 is 23.2 Å². The fourth-order valence-electron chi connectivity index (χ4n) is 1.26. The Morgan fingerprint density at radius 3 is 2.00 bits per heavy atom. The standard InChI is InChI=1S/C12H9Cl2NO5/c13-9(10(14)12(19)20)11(18)15-7-3-1-6(2-4-7)5-8(16)17/h1-4H,5H2,(H,15,18)(H,16,17)(H,19,20)/b10-9-. The number of carboxylic acids is 2. The lowest BCUT2D eigenvalue weighted by atomic mass is 10.1. The molecule has 0 saturated heterocycles. The van der Waals surface area contributed by atoms with Gasteiger partial charge in [0.05, 0.1) is 6.42 Å². The molecule has 0 aromatic heterocycles. The first-order valence-corrected chi connectivity index (χ1v) is 5.97. The number of carboxylic acid groups (broad SMARTS) is 2. The summed E-state index contributed by atoms with van der Waals surface area (Å²) in [5, 5.41) is 18.1. The van der Waals surface area contributed by atoms with Crippen molar-refractivity contribution in [3.8, 4) is 0 Å². The molecule has 106 valence electrons. The Morgan fingerprint density at radius 2 is 1.55 bits per heavy atom. The van der Waals surface area contributed by atoms with Gasteiger partial charge in [-0.05, 0) is 17.7 Å². The van der Waals surface area contributed by atoms with Crippen LogP contribution in [0, 0.1) is 0 Å². The maximum atomic E-state index is 11.6. The minimum Gasteiger partial charge on any atom is -0.481 e. The summed E-state index contributed by atoms with van der Waals surface area (Å²) in [6.45, 7) is 0. The van der Waals surface area contributed by atoms with Crippen LogP contribution in [0.2, 0.25) is 0 Å². The van der Waals surface area contributed by atoms with Crippen LogP contribution < -0.4 is 5.32 Å². The minimum atomic E-state index is -1.51. The van der Waals surface area contributed by atoms with Gasteiger partial charge in [-0.25, -0.2) is 4.79 Å². The SMILES string of the molecule is O=C(O)Cc1ccc(NC(=O)/C(Cl)=C(/Cl)C(=O)O)cc1. The number of rotatable bonds is 5. The smallest absolute Gasteiger partial charge is 0.349 e. The Hall–Kier alpha value is -2.05. The third-order valence-corrected chi connectivity index (χ3v) is 2.95. The van der Waals surface area contributed by atoms with Crippen LogP contribution in [0.3, 0.4) is 0 Å². The average Bonchev–Trinajstić information content (AvgIpc) is 2.38. The Kier molecular flexibility index (Phi) is 5.54. The van der Waals surface area contributed by atoms with E-state index in [1.807, 2.05) is 0 Å². The number of nitrogens with one attached hydrogen (secondary N) is 1. The second kappa shape index (κ2) is 6.93. The number of hydrogen-bond donors (Lipinski definition) is 3. The molecule has 6 nitrogen and oxygen atoms in total. The number of carbonyl (C=O) groups is 3. The zero-order valence-corrected chi connectivity index (χ0v) is 11.4. The van der Waals surface area contributed by atoms with Gasteiger partial charge in [-0.1, -0.05) is 35.3 Å². The lowest BCUT2D eigenvalue weighted by Crippen LogP contribution is -2.14. The van der Waals surface area contributed by atoms with Crippen molar-refractivity contribution in [3.63, 3.8) is 0 Å². The predicted molar refractivity (Wildman–Crippen MR) is 72.8 cm³/mol. The third kappa shape index (κ3) is 4.56. The maximum Gasteiger partial charge on any atom is 0.349 e. The van der Waals surface area contributed by atoms with E-state index in [0.29, 0.717) is 11.3 Å². The molecule has 0 aliphatic heterocycles. The van der Waals surface area contributed by atoms with Crippen molar-refractivity contribution in [1.29, 1.82) is 0 Å². The maximum absolute atomic E-state index is 11.6. The van der Waals surface area contributed by atoms with Gasteiger partial charge in [0.2, 0.25) is 0 Å². The van der Waals surface area contributed by atoms with Crippen molar-refractivity contribution in [2.45, 2.75) is 6.42 Å². The van der Waals surface area contributed by atoms with E-state index in [-0.39, 0.29) is 6.42 Å². The summed E-state index contributed by atoms with van der Waals surface area (Å²) < 4.78 is 0. The van der Waals surface area contributed by atoms with Gasteiger partial charge in [0.15, 0.2) is 0 Å². The number of halogens is 2. The topological polar surface area (TPSA) is 104 Å². The Balaban J connectivity index is 2.79. The largest absolute Gasteiger partial charge is 0.481 e. The summed E-state index contributed by atoms with van der Waals surface area (Å²) in [4.78, 5) is 32.6. The van der Waals surface area contributed by atoms with Gasteiger partial charge in [0, 0.05) is 5.69 Å². The number of aliphatic carboxylic acids is 2. The molecule has 0 fully saturated rings. The molecule has 1 rings (SSSR count). The fourth-order valence-corrected chi connectivity index (χ4v) is 1.47. The Bertz CT molecular complexity index is 580. The average molecular weight is 318 g/mol. The lowest BCUT2D eigenvalue weighted by Gasteiger charge is -2.05.